The molecule has 2 amide bonds. The van der Waals surface area contributed by atoms with E-state index in [2.05, 4.69) is 54.7 Å². The third-order valence-electron chi connectivity index (χ3n) is 3.40. The van der Waals surface area contributed by atoms with E-state index in [0.717, 1.165) is 13.6 Å². The summed E-state index contributed by atoms with van der Waals surface area (Å²) in [5, 5.41) is 2.44. The average molecular weight is 578 g/mol. The van der Waals surface area contributed by atoms with Crippen molar-refractivity contribution in [2.24, 2.45) is 0 Å². The lowest BCUT2D eigenvalue weighted by Gasteiger charge is -2.12. The minimum atomic E-state index is -0.455. The van der Waals surface area contributed by atoms with Gasteiger partial charge in [-0.1, -0.05) is 6.07 Å². The van der Waals surface area contributed by atoms with Crippen LogP contribution in [-0.4, -0.2) is 30.6 Å². The van der Waals surface area contributed by atoms with Crippen molar-refractivity contribution in [2.45, 2.75) is 6.92 Å². The second-order valence-electron chi connectivity index (χ2n) is 5.53. The van der Waals surface area contributed by atoms with Gasteiger partial charge in [-0.15, -0.1) is 0 Å². The zero-order valence-electron chi connectivity index (χ0n) is 15.0. The quantitative estimate of drug-likeness (QED) is 0.288. The van der Waals surface area contributed by atoms with Crippen LogP contribution in [0.15, 0.2) is 40.9 Å². The lowest BCUT2D eigenvalue weighted by molar-refractivity contribution is -0.123. The molecule has 0 bridgehead atoms. The van der Waals surface area contributed by atoms with Gasteiger partial charge in [0.05, 0.1) is 15.2 Å². The van der Waals surface area contributed by atoms with E-state index in [1.807, 2.05) is 19.1 Å². The van der Waals surface area contributed by atoms with Gasteiger partial charge in [0.25, 0.3) is 11.8 Å². The van der Waals surface area contributed by atoms with Crippen LogP contribution >= 0.6 is 50.7 Å². The van der Waals surface area contributed by atoms with E-state index in [-0.39, 0.29) is 11.7 Å². The van der Waals surface area contributed by atoms with Gasteiger partial charge in [0.1, 0.15) is 11.5 Å². The fraction of sp³-hybridized carbons (Fsp3) is 0.167. The summed E-state index contributed by atoms with van der Waals surface area (Å²) in [5.41, 5.74) is 6.30. The summed E-state index contributed by atoms with van der Waals surface area (Å²) in [6.45, 7) is 1.73. The van der Waals surface area contributed by atoms with Crippen molar-refractivity contribution in [1.29, 1.82) is 0 Å². The standard InChI is InChI=1S/C18H17BrIN3O4S/c1-10-3-5-14(12(19)7-10)27-9-16(24)22-23-18(28)21-17(25)11-4-6-15(26-2)13(20)8-11/h3-8H,9H2,1-2H3,(H,22,24)(H2,21,23,25,28). The third-order valence-corrected chi connectivity index (χ3v) is 5.07. The molecule has 0 atom stereocenters. The van der Waals surface area contributed by atoms with E-state index >= 15 is 0 Å². The molecular formula is C18H17BrIN3O4S. The van der Waals surface area contributed by atoms with Gasteiger partial charge in [0, 0.05) is 5.56 Å². The molecule has 0 spiro atoms. The maximum absolute atomic E-state index is 12.2. The van der Waals surface area contributed by atoms with Crippen LogP contribution in [0.1, 0.15) is 15.9 Å². The molecule has 2 aromatic carbocycles. The molecule has 0 saturated heterocycles. The molecule has 0 aliphatic rings. The van der Waals surface area contributed by atoms with Crippen LogP contribution in [0.25, 0.3) is 0 Å². The highest BCUT2D eigenvalue weighted by Crippen LogP contribution is 2.25. The lowest BCUT2D eigenvalue weighted by atomic mass is 10.2. The Morgan fingerprint density at radius 3 is 2.50 bits per heavy atom. The van der Waals surface area contributed by atoms with Gasteiger partial charge in [0.15, 0.2) is 11.7 Å². The summed E-state index contributed by atoms with van der Waals surface area (Å²) in [7, 11) is 1.56. The minimum absolute atomic E-state index is 0.0410. The molecule has 0 heterocycles. The Bertz CT molecular complexity index is 910. The van der Waals surface area contributed by atoms with Gasteiger partial charge < -0.3 is 9.47 Å². The van der Waals surface area contributed by atoms with Crippen molar-refractivity contribution < 1.29 is 19.1 Å². The Morgan fingerprint density at radius 1 is 1.14 bits per heavy atom. The van der Waals surface area contributed by atoms with Crippen LogP contribution in [-0.2, 0) is 4.79 Å². The number of halogens is 2. The van der Waals surface area contributed by atoms with E-state index < -0.39 is 11.8 Å². The van der Waals surface area contributed by atoms with Gasteiger partial charge in [0.2, 0.25) is 0 Å². The lowest BCUT2D eigenvalue weighted by Crippen LogP contribution is -2.49. The highest BCUT2D eigenvalue weighted by atomic mass is 127. The van der Waals surface area contributed by atoms with Crippen LogP contribution in [0.2, 0.25) is 0 Å². The highest BCUT2D eigenvalue weighted by molar-refractivity contribution is 14.1. The predicted octanol–water partition coefficient (Wildman–Crippen LogP) is 3.09. The molecule has 2 rings (SSSR count). The fourth-order valence-corrected chi connectivity index (χ4v) is 3.53. The number of aryl methyl sites for hydroxylation is 1. The SMILES string of the molecule is COc1ccc(C(=O)NC(=S)NNC(=O)COc2ccc(C)cc2Br)cc1I. The van der Waals surface area contributed by atoms with Crippen LogP contribution in [0.4, 0.5) is 0 Å². The fourth-order valence-electron chi connectivity index (χ4n) is 2.04. The molecule has 28 heavy (non-hydrogen) atoms. The first-order chi connectivity index (χ1) is 13.3. The van der Waals surface area contributed by atoms with Gasteiger partial charge in [-0.25, -0.2) is 0 Å². The molecular weight excluding hydrogens is 561 g/mol. The van der Waals surface area contributed by atoms with Gasteiger partial charge >= 0.3 is 0 Å². The number of thiocarbonyl (C=S) groups is 1. The molecule has 0 unspecified atom stereocenters. The van der Waals surface area contributed by atoms with E-state index in [1.54, 1.807) is 31.4 Å². The summed E-state index contributed by atoms with van der Waals surface area (Å²) in [5.74, 6) is 0.353. The van der Waals surface area contributed by atoms with Gasteiger partial charge in [-0.2, -0.15) is 0 Å². The highest BCUT2D eigenvalue weighted by Gasteiger charge is 2.11. The van der Waals surface area contributed by atoms with E-state index in [1.165, 1.54) is 0 Å². The molecule has 148 valence electrons. The summed E-state index contributed by atoms with van der Waals surface area (Å²) >= 11 is 10.5. The van der Waals surface area contributed by atoms with Crippen LogP contribution in [0.5, 0.6) is 11.5 Å². The number of benzene rings is 2. The molecule has 3 N–H and O–H groups in total. The second-order valence-corrected chi connectivity index (χ2v) is 7.95. The van der Waals surface area contributed by atoms with Crippen molar-refractivity contribution in [2.75, 3.05) is 13.7 Å². The number of hydrazine groups is 1. The smallest absolute Gasteiger partial charge is 0.276 e. The third kappa shape index (κ3) is 6.60. The number of methoxy groups -OCH3 is 1. The maximum atomic E-state index is 12.2. The van der Waals surface area contributed by atoms with Gasteiger partial charge in [-0.3, -0.25) is 25.8 Å². The van der Waals surface area contributed by atoms with E-state index in [9.17, 15) is 9.59 Å². The first kappa shape index (κ1) is 22.4. The van der Waals surface area contributed by atoms with Gasteiger partial charge in [-0.05, 0) is 93.6 Å². The Labute approximate surface area is 189 Å². The number of rotatable bonds is 5. The van der Waals surface area contributed by atoms with Crippen molar-refractivity contribution in [3.63, 3.8) is 0 Å². The first-order valence-electron chi connectivity index (χ1n) is 7.93. The predicted molar refractivity (Wildman–Crippen MR) is 121 cm³/mol. The number of ether oxygens (including phenoxy) is 2. The molecule has 0 saturated carbocycles. The largest absolute Gasteiger partial charge is 0.496 e. The monoisotopic (exact) mass is 577 g/mol. The van der Waals surface area contributed by atoms with Crippen LogP contribution in [0, 0.1) is 10.5 Å². The second kappa shape index (κ2) is 10.6. The number of nitrogens with one attached hydrogen (secondary N) is 3. The van der Waals surface area contributed by atoms with Crippen LogP contribution < -0.4 is 25.6 Å². The topological polar surface area (TPSA) is 88.7 Å². The van der Waals surface area contributed by atoms with Crippen molar-refractivity contribution in [3.05, 3.63) is 55.6 Å². The van der Waals surface area contributed by atoms with Crippen LogP contribution in [0.3, 0.4) is 0 Å². The molecule has 10 heteroatoms. The molecule has 0 fully saturated rings. The van der Waals surface area contributed by atoms with Crippen molar-refractivity contribution in [1.82, 2.24) is 16.2 Å². The minimum Gasteiger partial charge on any atom is -0.496 e. The van der Waals surface area contributed by atoms with Crippen molar-refractivity contribution in [3.8, 4) is 11.5 Å². The number of amides is 2. The molecule has 0 aliphatic carbocycles. The first-order valence-corrected chi connectivity index (χ1v) is 10.2. The summed E-state index contributed by atoms with van der Waals surface area (Å²) in [6.07, 6.45) is 0. The molecule has 7 nitrogen and oxygen atoms in total. The Kier molecular flexibility index (Phi) is 8.45. The van der Waals surface area contributed by atoms with E-state index in [0.29, 0.717) is 17.1 Å². The number of hydrogen-bond donors (Lipinski definition) is 3. The Morgan fingerprint density at radius 2 is 1.86 bits per heavy atom. The van der Waals surface area contributed by atoms with E-state index in [4.69, 9.17) is 21.7 Å². The number of carbonyl (C=O) groups is 2. The zero-order valence-corrected chi connectivity index (χ0v) is 19.5. The Hall–Kier alpha value is -1.92. The maximum Gasteiger partial charge on any atom is 0.276 e. The van der Waals surface area contributed by atoms with Crippen molar-refractivity contribution >= 4 is 67.7 Å². The molecule has 2 aromatic rings. The normalized spacial score (nSPS) is 10.0. The number of hydrogen-bond acceptors (Lipinski definition) is 5. The Balaban J connectivity index is 1.79. The average Bonchev–Trinajstić information content (AvgIpc) is 2.65. The summed E-state index contributed by atoms with van der Waals surface area (Å²) in [4.78, 5) is 24.1. The number of carbonyl (C=O) groups excluding carboxylic acids is 2. The summed E-state index contributed by atoms with van der Waals surface area (Å²) < 4.78 is 12.1. The molecule has 0 aromatic heterocycles. The summed E-state index contributed by atoms with van der Waals surface area (Å²) in [6, 6.07) is 10.5. The zero-order chi connectivity index (χ0) is 20.7. The molecule has 0 aliphatic heterocycles. The molecule has 0 radical (unpaired) electrons.